The molecule has 3 aromatic carbocycles. The van der Waals surface area contributed by atoms with Crippen molar-refractivity contribution in [2.24, 2.45) is 0 Å². The maximum atomic E-state index is 13.8. The van der Waals surface area contributed by atoms with E-state index in [1.165, 1.54) is 50.1 Å². The fraction of sp³-hybridized carbons (Fsp3) is 0.125. The number of benzene rings is 3. The second kappa shape index (κ2) is 8.77. The SMILES string of the molecule is Cc1cc(C)cc(C2=c3cc4c(cc3-c3sc(Br)cc32)=C(c2cc(C)cc(C(F)(F)F)c2)c2cc(Br)sc2-4)c1. The molecule has 7 heteroatoms. The number of fused-ring (bicyclic) bond motifs is 6. The highest BCUT2D eigenvalue weighted by Crippen LogP contribution is 2.47. The van der Waals surface area contributed by atoms with E-state index in [0.717, 1.165) is 39.9 Å². The lowest BCUT2D eigenvalue weighted by Crippen LogP contribution is -2.15. The molecule has 0 amide bonds. The molecule has 39 heavy (non-hydrogen) atoms. The summed E-state index contributed by atoms with van der Waals surface area (Å²) < 4.78 is 43.5. The van der Waals surface area contributed by atoms with E-state index in [-0.39, 0.29) is 0 Å². The minimum Gasteiger partial charge on any atom is -0.166 e. The van der Waals surface area contributed by atoms with Crippen molar-refractivity contribution in [1.82, 2.24) is 0 Å². The predicted molar refractivity (Wildman–Crippen MR) is 163 cm³/mol. The summed E-state index contributed by atoms with van der Waals surface area (Å²) in [6, 6.07) is 19.7. The van der Waals surface area contributed by atoms with Crippen LogP contribution in [0.15, 0.2) is 68.2 Å². The van der Waals surface area contributed by atoms with Gasteiger partial charge in [0.25, 0.3) is 0 Å². The summed E-state index contributed by atoms with van der Waals surface area (Å²) in [5.74, 6) is 0. The molecule has 2 aromatic heterocycles. The van der Waals surface area contributed by atoms with Crippen LogP contribution in [0, 0.1) is 20.8 Å². The van der Waals surface area contributed by atoms with Crippen LogP contribution in [0.2, 0.25) is 0 Å². The predicted octanol–water partition coefficient (Wildman–Crippen LogP) is 9.73. The highest BCUT2D eigenvalue weighted by atomic mass is 79.9. The van der Waals surface area contributed by atoms with Gasteiger partial charge in [0, 0.05) is 32.0 Å². The zero-order valence-corrected chi connectivity index (χ0v) is 25.8. The molecule has 2 heterocycles. The molecule has 7 rings (SSSR count). The number of alkyl halides is 3. The van der Waals surface area contributed by atoms with Crippen LogP contribution >= 0.6 is 54.5 Å². The summed E-state index contributed by atoms with van der Waals surface area (Å²) in [6.45, 7) is 5.96. The molecular formula is C32H19Br2F3S2. The van der Waals surface area contributed by atoms with Crippen molar-refractivity contribution in [1.29, 1.82) is 0 Å². The van der Waals surface area contributed by atoms with Gasteiger partial charge in [-0.05, 0) is 127 Å². The number of aryl methyl sites for hydroxylation is 3. The summed E-state index contributed by atoms with van der Waals surface area (Å²) in [4.78, 5) is 2.27. The van der Waals surface area contributed by atoms with Gasteiger partial charge in [0.15, 0.2) is 0 Å². The van der Waals surface area contributed by atoms with E-state index >= 15 is 0 Å². The van der Waals surface area contributed by atoms with Crippen molar-refractivity contribution >= 4 is 65.7 Å². The lowest BCUT2D eigenvalue weighted by molar-refractivity contribution is -0.137. The second-order valence-corrected chi connectivity index (χ2v) is 15.1. The molecule has 0 saturated carbocycles. The van der Waals surface area contributed by atoms with E-state index in [1.54, 1.807) is 29.6 Å². The molecule has 2 aliphatic rings. The van der Waals surface area contributed by atoms with Crippen LogP contribution in [0.5, 0.6) is 0 Å². The van der Waals surface area contributed by atoms with Gasteiger partial charge in [-0.25, -0.2) is 0 Å². The Morgan fingerprint density at radius 2 is 0.974 bits per heavy atom. The third-order valence-corrected chi connectivity index (χ3v) is 10.7. The molecule has 0 atom stereocenters. The number of rotatable bonds is 2. The first-order valence-corrected chi connectivity index (χ1v) is 15.5. The van der Waals surface area contributed by atoms with Crippen LogP contribution in [0.25, 0.3) is 32.0 Å². The molecule has 0 bridgehead atoms. The molecule has 0 aliphatic heterocycles. The minimum absolute atomic E-state index is 0.590. The summed E-state index contributed by atoms with van der Waals surface area (Å²) in [5.41, 5.74) is 10.6. The van der Waals surface area contributed by atoms with Gasteiger partial charge in [-0.1, -0.05) is 35.4 Å². The van der Waals surface area contributed by atoms with Crippen molar-refractivity contribution in [3.05, 3.63) is 123 Å². The summed E-state index contributed by atoms with van der Waals surface area (Å²) in [6.07, 6.45) is -4.41. The van der Waals surface area contributed by atoms with Crippen LogP contribution < -0.4 is 10.4 Å². The third-order valence-electron chi connectivity index (χ3n) is 7.33. The van der Waals surface area contributed by atoms with E-state index in [0.29, 0.717) is 11.1 Å². The van der Waals surface area contributed by atoms with Crippen molar-refractivity contribution in [3.63, 3.8) is 0 Å². The van der Waals surface area contributed by atoms with Crippen molar-refractivity contribution < 1.29 is 13.2 Å². The highest BCUT2D eigenvalue weighted by molar-refractivity contribution is 9.11. The van der Waals surface area contributed by atoms with Crippen LogP contribution in [-0.4, -0.2) is 0 Å². The molecule has 0 nitrogen and oxygen atoms in total. The second-order valence-electron chi connectivity index (χ2n) is 10.2. The molecule has 0 spiro atoms. The zero-order valence-electron chi connectivity index (χ0n) is 21.0. The molecule has 5 aromatic rings. The number of hydrogen-bond acceptors (Lipinski definition) is 2. The molecule has 0 saturated heterocycles. The molecule has 0 fully saturated rings. The van der Waals surface area contributed by atoms with Crippen molar-refractivity contribution in [3.8, 4) is 20.9 Å². The van der Waals surface area contributed by atoms with Gasteiger partial charge >= 0.3 is 6.18 Å². The normalized spacial score (nSPS) is 13.5. The number of thiophene rings is 2. The molecule has 194 valence electrons. The average molecular weight is 684 g/mol. The van der Waals surface area contributed by atoms with Crippen LogP contribution in [0.4, 0.5) is 13.2 Å². The van der Waals surface area contributed by atoms with E-state index in [1.807, 2.05) is 12.1 Å². The van der Waals surface area contributed by atoms with Crippen molar-refractivity contribution in [2.75, 3.05) is 0 Å². The van der Waals surface area contributed by atoms with Gasteiger partial charge in [0.2, 0.25) is 0 Å². The van der Waals surface area contributed by atoms with Crippen LogP contribution in [0.1, 0.15) is 44.5 Å². The molecule has 0 unspecified atom stereocenters. The van der Waals surface area contributed by atoms with Crippen LogP contribution in [-0.2, 0) is 6.18 Å². The minimum atomic E-state index is -4.41. The van der Waals surface area contributed by atoms with E-state index in [9.17, 15) is 13.2 Å². The zero-order chi connectivity index (χ0) is 27.4. The van der Waals surface area contributed by atoms with Crippen LogP contribution in [0.3, 0.4) is 0 Å². The topological polar surface area (TPSA) is 0 Å². The Morgan fingerprint density at radius 3 is 1.44 bits per heavy atom. The van der Waals surface area contributed by atoms with Gasteiger partial charge in [0.1, 0.15) is 0 Å². The van der Waals surface area contributed by atoms with E-state index in [4.69, 9.17) is 0 Å². The first-order chi connectivity index (χ1) is 18.5. The Hall–Kier alpha value is -2.45. The van der Waals surface area contributed by atoms with Gasteiger partial charge < -0.3 is 0 Å². The van der Waals surface area contributed by atoms with Gasteiger partial charge in [-0.2, -0.15) is 13.2 Å². The summed E-state index contributed by atoms with van der Waals surface area (Å²) in [7, 11) is 0. The summed E-state index contributed by atoms with van der Waals surface area (Å²) in [5, 5.41) is 2.16. The molecular weight excluding hydrogens is 665 g/mol. The molecule has 0 N–H and O–H groups in total. The van der Waals surface area contributed by atoms with E-state index in [2.05, 4.69) is 82.1 Å². The number of halogens is 5. The fourth-order valence-electron chi connectivity index (χ4n) is 6.00. The monoisotopic (exact) mass is 682 g/mol. The highest BCUT2D eigenvalue weighted by Gasteiger charge is 2.33. The number of hydrogen-bond donors (Lipinski definition) is 0. The Bertz CT molecular complexity index is 1990. The Balaban J connectivity index is 1.61. The Labute approximate surface area is 248 Å². The van der Waals surface area contributed by atoms with E-state index < -0.39 is 11.7 Å². The lowest BCUT2D eigenvalue weighted by atomic mass is 9.95. The Kier molecular flexibility index (Phi) is 5.74. The first-order valence-electron chi connectivity index (χ1n) is 12.3. The smallest absolute Gasteiger partial charge is 0.166 e. The standard InChI is InChI=1S/C32H19Br2F3S2/c1-14-4-15(2)6-17(5-14)28-20-10-23-21(11-22(20)30-24(28)12-26(33)38-30)29(25-13-27(34)39-31(23)25)18-7-16(3)8-19(9-18)32(35,36)37/h4-13H,1-3H3. The Morgan fingerprint density at radius 1 is 0.538 bits per heavy atom. The lowest BCUT2D eigenvalue weighted by Gasteiger charge is -2.12. The molecule has 2 aliphatic carbocycles. The van der Waals surface area contributed by atoms with Gasteiger partial charge in [-0.3, -0.25) is 0 Å². The first kappa shape index (κ1) is 25.5. The van der Waals surface area contributed by atoms with Gasteiger partial charge in [0.05, 0.1) is 13.1 Å². The van der Waals surface area contributed by atoms with Crippen molar-refractivity contribution in [2.45, 2.75) is 26.9 Å². The maximum absolute atomic E-state index is 13.8. The third kappa shape index (κ3) is 4.04. The maximum Gasteiger partial charge on any atom is 0.416 e. The average Bonchev–Trinajstić information content (AvgIpc) is 3.54. The largest absolute Gasteiger partial charge is 0.416 e. The van der Waals surface area contributed by atoms with Gasteiger partial charge in [-0.15, -0.1) is 22.7 Å². The summed E-state index contributed by atoms with van der Waals surface area (Å²) >= 11 is 10.7. The quantitative estimate of drug-likeness (QED) is 0.170. The fourth-order valence-corrected chi connectivity index (χ4v) is 9.28. The molecule has 0 radical (unpaired) electrons.